The van der Waals surface area contributed by atoms with Gasteiger partial charge in [-0.3, -0.25) is 9.10 Å². The second-order valence-electron chi connectivity index (χ2n) is 10.0. The van der Waals surface area contributed by atoms with E-state index in [0.29, 0.717) is 29.3 Å². The Labute approximate surface area is 266 Å². The van der Waals surface area contributed by atoms with Gasteiger partial charge >= 0.3 is 5.97 Å². The fraction of sp³-hybridized carbons (Fsp3) is 0.182. The third-order valence-electron chi connectivity index (χ3n) is 7.34. The average molecular weight is 648 g/mol. The van der Waals surface area contributed by atoms with E-state index < -0.39 is 34.5 Å². The number of para-hydroxylation sites is 2. The summed E-state index contributed by atoms with van der Waals surface area (Å²) in [5.41, 5.74) is 2.49. The maximum absolute atomic E-state index is 13.5. The number of carbonyl (C=O) groups excluding carboxylic acids is 2. The first-order chi connectivity index (χ1) is 21.6. The van der Waals surface area contributed by atoms with Crippen molar-refractivity contribution in [3.63, 3.8) is 0 Å². The van der Waals surface area contributed by atoms with Gasteiger partial charge in [-0.1, -0.05) is 66.2 Å². The number of nitrogens with zero attached hydrogens (tertiary/aromatic N) is 3. The minimum absolute atomic E-state index is 0.0342. The van der Waals surface area contributed by atoms with Crippen LogP contribution in [0.15, 0.2) is 107 Å². The topological polar surface area (TPSA) is 115 Å². The summed E-state index contributed by atoms with van der Waals surface area (Å²) in [6.07, 6.45) is 0.446. The first-order valence-corrected chi connectivity index (χ1v) is 15.6. The summed E-state index contributed by atoms with van der Waals surface area (Å²) in [6.45, 7) is -0.647. The maximum atomic E-state index is 13.5. The van der Waals surface area contributed by atoms with Gasteiger partial charge in [-0.15, -0.1) is 0 Å². The Hall–Kier alpha value is -4.87. The number of halogens is 1. The molecule has 1 amide bonds. The number of hydrogen-bond acceptors (Lipinski definition) is 8. The van der Waals surface area contributed by atoms with Crippen molar-refractivity contribution in [2.45, 2.75) is 17.4 Å². The molecule has 0 bridgehead atoms. The summed E-state index contributed by atoms with van der Waals surface area (Å²) in [6, 6.07) is 26.7. The zero-order valence-corrected chi connectivity index (χ0v) is 26.3. The lowest BCUT2D eigenvalue weighted by Crippen LogP contribution is -2.31. The summed E-state index contributed by atoms with van der Waals surface area (Å²) in [7, 11) is 0.248. The number of amides is 1. The van der Waals surface area contributed by atoms with Gasteiger partial charge in [-0.05, 0) is 53.6 Å². The van der Waals surface area contributed by atoms with Gasteiger partial charge in [-0.2, -0.15) is 5.10 Å². The SMILES string of the molecule is COc1ccc([C@H]2CC(c3ccccc3)=NN2C(=O)COC(=O)c2cc(S(=O)(=O)N(C)c3ccccc3OC)ccc2Cl)cc1. The van der Waals surface area contributed by atoms with Crippen LogP contribution in [0.1, 0.15) is 33.9 Å². The van der Waals surface area contributed by atoms with Crippen molar-refractivity contribution >= 4 is 44.9 Å². The van der Waals surface area contributed by atoms with Gasteiger partial charge in [0.25, 0.3) is 15.9 Å². The Morgan fingerprint density at radius 3 is 2.31 bits per heavy atom. The molecule has 1 aliphatic rings. The lowest BCUT2D eigenvalue weighted by Gasteiger charge is -2.22. The lowest BCUT2D eigenvalue weighted by atomic mass is 9.98. The lowest BCUT2D eigenvalue weighted by molar-refractivity contribution is -0.136. The molecule has 1 aliphatic heterocycles. The fourth-order valence-electron chi connectivity index (χ4n) is 4.90. The molecule has 232 valence electrons. The molecule has 10 nitrogen and oxygen atoms in total. The Bertz CT molecular complexity index is 1850. The molecule has 4 aromatic rings. The zero-order chi connectivity index (χ0) is 32.1. The summed E-state index contributed by atoms with van der Waals surface area (Å²) < 4.78 is 43.9. The molecular weight excluding hydrogens is 618 g/mol. The minimum Gasteiger partial charge on any atom is -0.497 e. The van der Waals surface area contributed by atoms with Gasteiger partial charge in [-0.25, -0.2) is 18.2 Å². The van der Waals surface area contributed by atoms with Crippen molar-refractivity contribution in [2.75, 3.05) is 32.2 Å². The smallest absolute Gasteiger partial charge is 0.340 e. The van der Waals surface area contributed by atoms with Gasteiger partial charge in [0.2, 0.25) is 0 Å². The van der Waals surface area contributed by atoms with Crippen molar-refractivity contribution in [3.05, 3.63) is 119 Å². The number of benzene rings is 4. The molecule has 4 aromatic carbocycles. The fourth-order valence-corrected chi connectivity index (χ4v) is 6.33. The minimum atomic E-state index is -4.13. The molecule has 12 heteroatoms. The van der Waals surface area contributed by atoms with Crippen LogP contribution in [-0.4, -0.2) is 58.9 Å². The Morgan fingerprint density at radius 2 is 1.62 bits per heavy atom. The molecule has 0 N–H and O–H groups in total. The first-order valence-electron chi connectivity index (χ1n) is 13.8. The van der Waals surface area contributed by atoms with E-state index in [1.54, 1.807) is 43.5 Å². The second kappa shape index (κ2) is 13.4. The Kier molecular flexibility index (Phi) is 9.40. The highest BCUT2D eigenvalue weighted by molar-refractivity contribution is 7.92. The van der Waals surface area contributed by atoms with Crippen LogP contribution in [0.3, 0.4) is 0 Å². The van der Waals surface area contributed by atoms with Crippen LogP contribution in [0.5, 0.6) is 11.5 Å². The molecule has 0 fully saturated rings. The summed E-state index contributed by atoms with van der Waals surface area (Å²) >= 11 is 6.29. The molecule has 5 rings (SSSR count). The molecular formula is C33H30ClN3O7S. The van der Waals surface area contributed by atoms with Crippen LogP contribution >= 0.6 is 11.6 Å². The Balaban J connectivity index is 1.36. The number of carbonyl (C=O) groups is 2. The van der Waals surface area contributed by atoms with Crippen molar-refractivity contribution in [2.24, 2.45) is 5.10 Å². The zero-order valence-electron chi connectivity index (χ0n) is 24.7. The molecule has 45 heavy (non-hydrogen) atoms. The molecule has 0 saturated carbocycles. The van der Waals surface area contributed by atoms with Crippen molar-refractivity contribution in [1.82, 2.24) is 5.01 Å². The molecule has 0 saturated heterocycles. The number of anilines is 1. The van der Waals surface area contributed by atoms with E-state index >= 15 is 0 Å². The third-order valence-corrected chi connectivity index (χ3v) is 9.44. The van der Waals surface area contributed by atoms with Gasteiger partial charge in [0.15, 0.2) is 6.61 Å². The van der Waals surface area contributed by atoms with E-state index in [-0.39, 0.29) is 15.5 Å². The molecule has 0 aliphatic carbocycles. The van der Waals surface area contributed by atoms with E-state index in [9.17, 15) is 18.0 Å². The normalized spacial score (nSPS) is 14.4. The maximum Gasteiger partial charge on any atom is 0.340 e. The van der Waals surface area contributed by atoms with Crippen LogP contribution in [0.2, 0.25) is 5.02 Å². The van der Waals surface area contributed by atoms with Crippen molar-refractivity contribution < 1.29 is 32.2 Å². The van der Waals surface area contributed by atoms with Crippen molar-refractivity contribution in [3.8, 4) is 11.5 Å². The van der Waals surface area contributed by atoms with E-state index in [4.69, 9.17) is 25.8 Å². The number of esters is 1. The van der Waals surface area contributed by atoms with E-state index in [1.807, 2.05) is 42.5 Å². The van der Waals surface area contributed by atoms with Gasteiger partial charge in [0.1, 0.15) is 11.5 Å². The van der Waals surface area contributed by atoms with E-state index in [1.165, 1.54) is 31.3 Å². The highest BCUT2D eigenvalue weighted by Gasteiger charge is 2.34. The largest absolute Gasteiger partial charge is 0.497 e. The predicted octanol–water partition coefficient (Wildman–Crippen LogP) is 5.72. The summed E-state index contributed by atoms with van der Waals surface area (Å²) in [5, 5.41) is 5.87. The molecule has 0 aromatic heterocycles. The molecule has 1 atom stereocenters. The number of methoxy groups -OCH3 is 2. The highest BCUT2D eigenvalue weighted by atomic mass is 35.5. The van der Waals surface area contributed by atoms with Crippen LogP contribution in [0.25, 0.3) is 0 Å². The van der Waals surface area contributed by atoms with Crippen LogP contribution in [0.4, 0.5) is 5.69 Å². The average Bonchev–Trinajstić information content (AvgIpc) is 3.53. The predicted molar refractivity (Wildman–Crippen MR) is 170 cm³/mol. The Morgan fingerprint density at radius 1 is 0.933 bits per heavy atom. The van der Waals surface area contributed by atoms with E-state index in [2.05, 4.69) is 5.10 Å². The first kappa shape index (κ1) is 31.6. The molecule has 0 radical (unpaired) electrons. The number of sulfonamides is 1. The monoisotopic (exact) mass is 647 g/mol. The second-order valence-corrected chi connectivity index (χ2v) is 12.4. The van der Waals surface area contributed by atoms with Crippen LogP contribution in [0, 0.1) is 0 Å². The van der Waals surface area contributed by atoms with Crippen LogP contribution in [-0.2, 0) is 19.6 Å². The highest BCUT2D eigenvalue weighted by Crippen LogP contribution is 2.34. The van der Waals surface area contributed by atoms with Gasteiger partial charge in [0, 0.05) is 13.5 Å². The number of hydrazone groups is 1. The van der Waals surface area contributed by atoms with Gasteiger partial charge in [0.05, 0.1) is 47.1 Å². The number of ether oxygens (including phenoxy) is 3. The number of hydrogen-bond donors (Lipinski definition) is 0. The van der Waals surface area contributed by atoms with Crippen LogP contribution < -0.4 is 13.8 Å². The molecule has 0 spiro atoms. The summed E-state index contributed by atoms with van der Waals surface area (Å²) in [4.78, 5) is 26.4. The molecule has 1 heterocycles. The quantitative estimate of drug-likeness (QED) is 0.202. The van der Waals surface area contributed by atoms with Crippen molar-refractivity contribution in [1.29, 1.82) is 0 Å². The third kappa shape index (κ3) is 6.64. The van der Waals surface area contributed by atoms with E-state index in [0.717, 1.165) is 21.5 Å². The molecule has 0 unspecified atom stereocenters. The standard InChI is InChI=1S/C33H30ClN3O7S/c1-36(29-11-7-8-12-31(29)43-3)45(40,41)25-17-18-27(34)26(19-25)33(39)44-21-32(38)37-30(23-13-15-24(42-2)16-14-23)20-28(35-37)22-9-5-4-6-10-22/h4-19,30H,20-21H2,1-3H3/t30-/m1/s1. The number of rotatable bonds is 10. The van der Waals surface area contributed by atoms with Gasteiger partial charge < -0.3 is 14.2 Å². The summed E-state index contributed by atoms with van der Waals surface area (Å²) in [5.74, 6) is -0.504.